The number of carbonyl (C=O) groups excluding carboxylic acids is 1. The Hall–Kier alpha value is -3.12. The van der Waals surface area contributed by atoms with Gasteiger partial charge in [0.05, 0.1) is 10.6 Å². The zero-order chi connectivity index (χ0) is 22.9. The first-order chi connectivity index (χ1) is 15.3. The molecular weight excluding hydrogens is 420 g/mol. The standard InChI is InChI=1S/C26H28N2O3S/c1-19-9-12-24(13-10-19)32(30,31)28(25-16-20(2)8-11-21(25)3)18-26(29)27-15-14-22-6-4-5-7-23(22)17-27/h4-13,16H,14-15,17-18H2,1-3H3. The van der Waals surface area contributed by atoms with Gasteiger partial charge in [-0.3, -0.25) is 9.10 Å². The first kappa shape index (κ1) is 22.1. The van der Waals surface area contributed by atoms with Crippen LogP contribution in [0.2, 0.25) is 0 Å². The van der Waals surface area contributed by atoms with Crippen LogP contribution in [-0.4, -0.2) is 32.3 Å². The van der Waals surface area contributed by atoms with E-state index >= 15 is 0 Å². The van der Waals surface area contributed by atoms with Crippen molar-refractivity contribution in [3.8, 4) is 0 Å². The van der Waals surface area contributed by atoms with Crippen molar-refractivity contribution in [1.29, 1.82) is 0 Å². The Labute approximate surface area is 190 Å². The van der Waals surface area contributed by atoms with Crippen LogP contribution in [0.3, 0.4) is 0 Å². The molecule has 5 nitrogen and oxygen atoms in total. The van der Waals surface area contributed by atoms with E-state index in [2.05, 4.69) is 6.07 Å². The Kier molecular flexibility index (Phi) is 6.07. The number of amides is 1. The molecule has 166 valence electrons. The van der Waals surface area contributed by atoms with Crippen LogP contribution >= 0.6 is 0 Å². The molecule has 0 saturated heterocycles. The van der Waals surface area contributed by atoms with E-state index in [9.17, 15) is 13.2 Å². The smallest absolute Gasteiger partial charge is 0.264 e. The number of fused-ring (bicyclic) bond motifs is 1. The second-order valence-corrected chi connectivity index (χ2v) is 10.3. The highest BCUT2D eigenvalue weighted by Crippen LogP contribution is 2.29. The number of hydrogen-bond donors (Lipinski definition) is 0. The molecule has 0 aromatic heterocycles. The predicted octanol–water partition coefficient (Wildman–Crippen LogP) is 4.39. The Bertz CT molecular complexity index is 1250. The molecule has 0 saturated carbocycles. The van der Waals surface area contributed by atoms with Crippen molar-refractivity contribution in [2.75, 3.05) is 17.4 Å². The van der Waals surface area contributed by atoms with Gasteiger partial charge in [0, 0.05) is 13.1 Å². The number of sulfonamides is 1. The zero-order valence-corrected chi connectivity index (χ0v) is 19.5. The van der Waals surface area contributed by atoms with Crippen LogP contribution in [0.5, 0.6) is 0 Å². The fourth-order valence-corrected chi connectivity index (χ4v) is 5.53. The van der Waals surface area contributed by atoms with Crippen LogP contribution in [-0.2, 0) is 27.8 Å². The molecule has 1 aliphatic heterocycles. The van der Waals surface area contributed by atoms with Gasteiger partial charge in [0.1, 0.15) is 6.54 Å². The molecule has 3 aromatic rings. The number of rotatable bonds is 5. The Morgan fingerprint density at radius 2 is 1.56 bits per heavy atom. The lowest BCUT2D eigenvalue weighted by Crippen LogP contribution is -2.45. The number of anilines is 1. The van der Waals surface area contributed by atoms with Crippen LogP contribution in [0.25, 0.3) is 0 Å². The van der Waals surface area contributed by atoms with E-state index in [1.54, 1.807) is 29.2 Å². The van der Waals surface area contributed by atoms with Crippen LogP contribution in [0.15, 0.2) is 71.6 Å². The largest absolute Gasteiger partial charge is 0.336 e. The zero-order valence-electron chi connectivity index (χ0n) is 18.7. The van der Waals surface area contributed by atoms with Gasteiger partial charge in [0.15, 0.2) is 0 Å². The van der Waals surface area contributed by atoms with E-state index in [4.69, 9.17) is 0 Å². The van der Waals surface area contributed by atoms with E-state index in [-0.39, 0.29) is 17.3 Å². The molecule has 0 N–H and O–H groups in total. The summed E-state index contributed by atoms with van der Waals surface area (Å²) in [4.78, 5) is 15.3. The van der Waals surface area contributed by atoms with Gasteiger partial charge in [-0.1, -0.05) is 54.1 Å². The van der Waals surface area contributed by atoms with Gasteiger partial charge in [0.2, 0.25) is 5.91 Å². The van der Waals surface area contributed by atoms with Crippen molar-refractivity contribution in [2.24, 2.45) is 0 Å². The number of hydrogen-bond acceptors (Lipinski definition) is 3. The van der Waals surface area contributed by atoms with Crippen molar-refractivity contribution in [3.63, 3.8) is 0 Å². The quantitative estimate of drug-likeness (QED) is 0.582. The minimum absolute atomic E-state index is 0.181. The lowest BCUT2D eigenvalue weighted by atomic mass is 10.00. The van der Waals surface area contributed by atoms with Crippen molar-refractivity contribution < 1.29 is 13.2 Å². The lowest BCUT2D eigenvalue weighted by molar-refractivity contribution is -0.130. The monoisotopic (exact) mass is 448 g/mol. The highest BCUT2D eigenvalue weighted by atomic mass is 32.2. The summed E-state index contributed by atoms with van der Waals surface area (Å²) in [6, 6.07) is 20.5. The van der Waals surface area contributed by atoms with Crippen LogP contribution in [0.4, 0.5) is 5.69 Å². The maximum Gasteiger partial charge on any atom is 0.264 e. The van der Waals surface area contributed by atoms with Gasteiger partial charge >= 0.3 is 0 Å². The van der Waals surface area contributed by atoms with E-state index in [1.807, 2.05) is 57.2 Å². The summed E-state index contributed by atoms with van der Waals surface area (Å²) < 4.78 is 28.6. The van der Waals surface area contributed by atoms with Gasteiger partial charge in [-0.05, 0) is 67.6 Å². The molecule has 1 amide bonds. The molecular formula is C26H28N2O3S. The third-order valence-electron chi connectivity index (χ3n) is 6.00. The third kappa shape index (κ3) is 4.41. The SMILES string of the molecule is Cc1ccc(S(=O)(=O)N(CC(=O)N2CCc3ccccc3C2)c2cc(C)ccc2C)cc1. The number of benzene rings is 3. The van der Waals surface area contributed by atoms with E-state index in [0.717, 1.165) is 28.7 Å². The molecule has 1 heterocycles. The average molecular weight is 449 g/mol. The van der Waals surface area contributed by atoms with Crippen LogP contribution in [0.1, 0.15) is 27.8 Å². The van der Waals surface area contributed by atoms with Gasteiger partial charge < -0.3 is 4.90 Å². The molecule has 0 unspecified atom stereocenters. The highest BCUT2D eigenvalue weighted by Gasteiger charge is 2.31. The van der Waals surface area contributed by atoms with Crippen molar-refractivity contribution in [2.45, 2.75) is 38.6 Å². The molecule has 0 fully saturated rings. The molecule has 0 spiro atoms. The van der Waals surface area contributed by atoms with E-state index in [0.29, 0.717) is 18.8 Å². The summed E-state index contributed by atoms with van der Waals surface area (Å²) in [5.74, 6) is -0.198. The maximum absolute atomic E-state index is 13.7. The molecule has 32 heavy (non-hydrogen) atoms. The highest BCUT2D eigenvalue weighted by molar-refractivity contribution is 7.92. The van der Waals surface area contributed by atoms with Gasteiger partial charge in [0.25, 0.3) is 10.0 Å². The minimum Gasteiger partial charge on any atom is -0.336 e. The normalized spacial score (nSPS) is 13.5. The van der Waals surface area contributed by atoms with Crippen molar-refractivity contribution in [3.05, 3.63) is 94.5 Å². The second kappa shape index (κ2) is 8.79. The molecule has 3 aromatic carbocycles. The Morgan fingerprint density at radius 3 is 2.28 bits per heavy atom. The molecule has 0 radical (unpaired) electrons. The Balaban J connectivity index is 1.69. The first-order valence-corrected chi connectivity index (χ1v) is 12.2. The van der Waals surface area contributed by atoms with Crippen LogP contribution < -0.4 is 4.31 Å². The molecule has 0 atom stereocenters. The summed E-state index contributed by atoms with van der Waals surface area (Å²) in [7, 11) is -3.92. The average Bonchev–Trinajstić information content (AvgIpc) is 2.79. The molecule has 0 bridgehead atoms. The van der Waals surface area contributed by atoms with E-state index < -0.39 is 10.0 Å². The minimum atomic E-state index is -3.92. The van der Waals surface area contributed by atoms with E-state index in [1.165, 1.54) is 9.87 Å². The third-order valence-corrected chi connectivity index (χ3v) is 7.78. The fraction of sp³-hybridized carbons (Fsp3) is 0.269. The van der Waals surface area contributed by atoms with Gasteiger partial charge in [-0.25, -0.2) is 8.42 Å². The number of carbonyl (C=O) groups is 1. The summed E-state index contributed by atoms with van der Waals surface area (Å²) >= 11 is 0. The van der Waals surface area contributed by atoms with Crippen LogP contribution in [0, 0.1) is 20.8 Å². The van der Waals surface area contributed by atoms with Crippen molar-refractivity contribution in [1.82, 2.24) is 4.90 Å². The molecule has 6 heteroatoms. The van der Waals surface area contributed by atoms with Gasteiger partial charge in [-0.15, -0.1) is 0 Å². The maximum atomic E-state index is 13.7. The Morgan fingerprint density at radius 1 is 0.906 bits per heavy atom. The predicted molar refractivity (Wildman–Crippen MR) is 127 cm³/mol. The second-order valence-electron chi connectivity index (χ2n) is 8.45. The summed E-state index contributed by atoms with van der Waals surface area (Å²) in [5.41, 5.74) is 5.63. The molecule has 0 aliphatic carbocycles. The summed E-state index contributed by atoms with van der Waals surface area (Å²) in [6.07, 6.45) is 0.774. The fourth-order valence-electron chi connectivity index (χ4n) is 4.06. The summed E-state index contributed by atoms with van der Waals surface area (Å²) in [6.45, 7) is 6.55. The summed E-state index contributed by atoms with van der Waals surface area (Å²) in [5, 5.41) is 0. The molecule has 4 rings (SSSR count). The number of nitrogens with zero attached hydrogens (tertiary/aromatic N) is 2. The lowest BCUT2D eigenvalue weighted by Gasteiger charge is -2.32. The first-order valence-electron chi connectivity index (χ1n) is 10.8. The van der Waals surface area contributed by atoms with Crippen molar-refractivity contribution >= 4 is 21.6 Å². The topological polar surface area (TPSA) is 57.7 Å². The number of aryl methyl sites for hydroxylation is 3. The van der Waals surface area contributed by atoms with Gasteiger partial charge in [-0.2, -0.15) is 0 Å². The molecule has 1 aliphatic rings.